The van der Waals surface area contributed by atoms with Gasteiger partial charge in [0.15, 0.2) is 0 Å². The Labute approximate surface area is 97.7 Å². The SMILES string of the molecule is [N-]=[N+]=NC(=O)CCCCCN1C(=O)C=CC1=O. The van der Waals surface area contributed by atoms with Crippen molar-refractivity contribution in [1.82, 2.24) is 4.90 Å². The second kappa shape index (κ2) is 6.44. The number of amides is 3. The number of carbonyl (C=O) groups excluding carboxylic acids is 3. The molecule has 0 aromatic heterocycles. The lowest BCUT2D eigenvalue weighted by atomic mass is 10.2. The van der Waals surface area contributed by atoms with E-state index < -0.39 is 5.91 Å². The van der Waals surface area contributed by atoms with Gasteiger partial charge >= 0.3 is 0 Å². The Morgan fingerprint density at radius 3 is 2.47 bits per heavy atom. The van der Waals surface area contributed by atoms with Crippen LogP contribution in [-0.4, -0.2) is 29.2 Å². The maximum absolute atomic E-state index is 11.2. The maximum atomic E-state index is 11.2. The van der Waals surface area contributed by atoms with Crippen LogP contribution in [0.3, 0.4) is 0 Å². The molecular weight excluding hydrogens is 224 g/mol. The van der Waals surface area contributed by atoms with E-state index in [9.17, 15) is 14.4 Å². The molecule has 0 radical (unpaired) electrons. The van der Waals surface area contributed by atoms with Crippen LogP contribution in [0.4, 0.5) is 0 Å². The fourth-order valence-corrected chi connectivity index (χ4v) is 1.47. The number of imide groups is 1. The molecule has 0 atom stereocenters. The molecule has 0 saturated heterocycles. The summed E-state index contributed by atoms with van der Waals surface area (Å²) in [6.45, 7) is 0.361. The van der Waals surface area contributed by atoms with Gasteiger partial charge in [0, 0.05) is 30.0 Å². The van der Waals surface area contributed by atoms with Gasteiger partial charge in [0.2, 0.25) is 5.91 Å². The topological polar surface area (TPSA) is 103 Å². The van der Waals surface area contributed by atoms with Crippen LogP contribution in [0, 0.1) is 0 Å². The third-order valence-corrected chi connectivity index (χ3v) is 2.33. The molecule has 0 fully saturated rings. The third-order valence-electron chi connectivity index (χ3n) is 2.33. The summed E-state index contributed by atoms with van der Waals surface area (Å²) < 4.78 is 0. The Morgan fingerprint density at radius 1 is 1.24 bits per heavy atom. The number of nitrogens with zero attached hydrogens (tertiary/aromatic N) is 4. The van der Waals surface area contributed by atoms with E-state index in [1.54, 1.807) is 0 Å². The molecule has 1 aliphatic rings. The standard InChI is InChI=1S/C10H12N4O3/c11-13-12-8(15)4-2-1-3-7-14-9(16)5-6-10(14)17/h5-6H,1-4,7H2. The van der Waals surface area contributed by atoms with Crippen LogP contribution in [-0.2, 0) is 14.4 Å². The summed E-state index contributed by atoms with van der Waals surface area (Å²) in [5.41, 5.74) is 7.99. The first kappa shape index (κ1) is 12.9. The predicted octanol–water partition coefficient (Wildman–Crippen LogP) is 1.31. The van der Waals surface area contributed by atoms with Crippen LogP contribution in [0.5, 0.6) is 0 Å². The van der Waals surface area contributed by atoms with Gasteiger partial charge in [0.1, 0.15) is 0 Å². The van der Waals surface area contributed by atoms with Gasteiger partial charge in [0.05, 0.1) is 0 Å². The Kier molecular flexibility index (Phi) is 4.90. The second-order valence-electron chi connectivity index (χ2n) is 3.56. The smallest absolute Gasteiger partial charge is 0.253 e. The summed E-state index contributed by atoms with van der Waals surface area (Å²) in [5.74, 6) is -1.07. The lowest BCUT2D eigenvalue weighted by Gasteiger charge is -2.12. The third kappa shape index (κ3) is 4.08. The van der Waals surface area contributed by atoms with Gasteiger partial charge in [-0.05, 0) is 23.5 Å². The minimum atomic E-state index is -0.484. The van der Waals surface area contributed by atoms with Crippen molar-refractivity contribution < 1.29 is 14.4 Å². The summed E-state index contributed by atoms with van der Waals surface area (Å²) >= 11 is 0. The molecule has 0 bridgehead atoms. The van der Waals surface area contributed by atoms with Gasteiger partial charge in [-0.1, -0.05) is 6.42 Å². The molecule has 0 unspecified atom stereocenters. The van der Waals surface area contributed by atoms with Crippen LogP contribution >= 0.6 is 0 Å². The van der Waals surface area contributed by atoms with E-state index in [2.05, 4.69) is 10.0 Å². The molecule has 0 aromatic rings. The summed E-state index contributed by atoms with van der Waals surface area (Å²) in [4.78, 5) is 36.7. The number of rotatable bonds is 6. The molecule has 7 nitrogen and oxygen atoms in total. The average molecular weight is 236 g/mol. The van der Waals surface area contributed by atoms with Crippen molar-refractivity contribution in [3.8, 4) is 0 Å². The normalized spacial score (nSPS) is 14.0. The monoisotopic (exact) mass is 236 g/mol. The molecule has 0 saturated carbocycles. The highest BCUT2D eigenvalue weighted by atomic mass is 16.2. The Morgan fingerprint density at radius 2 is 1.88 bits per heavy atom. The molecule has 17 heavy (non-hydrogen) atoms. The summed E-state index contributed by atoms with van der Waals surface area (Å²) in [6, 6.07) is 0. The van der Waals surface area contributed by atoms with E-state index in [4.69, 9.17) is 5.53 Å². The maximum Gasteiger partial charge on any atom is 0.253 e. The van der Waals surface area contributed by atoms with E-state index in [-0.39, 0.29) is 18.2 Å². The molecule has 0 aliphatic carbocycles. The highest BCUT2D eigenvalue weighted by molar-refractivity contribution is 6.12. The lowest BCUT2D eigenvalue weighted by Crippen LogP contribution is -2.30. The minimum Gasteiger partial charge on any atom is -0.293 e. The fraction of sp³-hybridized carbons (Fsp3) is 0.500. The first-order chi connectivity index (χ1) is 8.15. The number of unbranched alkanes of at least 4 members (excludes halogenated alkanes) is 2. The van der Waals surface area contributed by atoms with Crippen LogP contribution < -0.4 is 0 Å². The van der Waals surface area contributed by atoms with Crippen LogP contribution in [0.25, 0.3) is 10.4 Å². The largest absolute Gasteiger partial charge is 0.293 e. The molecule has 1 aliphatic heterocycles. The second-order valence-corrected chi connectivity index (χ2v) is 3.56. The van der Waals surface area contributed by atoms with E-state index in [0.717, 1.165) is 4.90 Å². The van der Waals surface area contributed by atoms with Gasteiger partial charge < -0.3 is 0 Å². The minimum absolute atomic E-state index is 0.199. The van der Waals surface area contributed by atoms with Crippen molar-refractivity contribution in [1.29, 1.82) is 0 Å². The van der Waals surface area contributed by atoms with E-state index in [1.165, 1.54) is 12.2 Å². The summed E-state index contributed by atoms with van der Waals surface area (Å²) in [7, 11) is 0. The molecule has 1 rings (SSSR count). The van der Waals surface area contributed by atoms with Crippen molar-refractivity contribution in [2.24, 2.45) is 5.11 Å². The predicted molar refractivity (Wildman–Crippen MR) is 58.5 cm³/mol. The van der Waals surface area contributed by atoms with Crippen LogP contribution in [0.15, 0.2) is 17.3 Å². The number of hydrogen-bond donors (Lipinski definition) is 0. The number of carbonyl (C=O) groups is 3. The van der Waals surface area contributed by atoms with Gasteiger partial charge in [-0.15, -0.1) is 0 Å². The van der Waals surface area contributed by atoms with E-state index in [1.807, 2.05) is 0 Å². The molecular formula is C10H12N4O3. The Hall–Kier alpha value is -2.14. The van der Waals surface area contributed by atoms with Crippen molar-refractivity contribution in [3.63, 3.8) is 0 Å². The average Bonchev–Trinajstić information content (AvgIpc) is 2.60. The van der Waals surface area contributed by atoms with Crippen molar-refractivity contribution >= 4 is 17.7 Å². The van der Waals surface area contributed by atoms with Crippen LogP contribution in [0.2, 0.25) is 0 Å². The fourth-order valence-electron chi connectivity index (χ4n) is 1.47. The van der Waals surface area contributed by atoms with Gasteiger partial charge in [-0.25, -0.2) is 0 Å². The lowest BCUT2D eigenvalue weighted by molar-refractivity contribution is -0.136. The Balaban J connectivity index is 2.13. The zero-order valence-electron chi connectivity index (χ0n) is 9.20. The molecule has 3 amide bonds. The molecule has 0 spiro atoms. The van der Waals surface area contributed by atoms with Gasteiger partial charge in [0.25, 0.3) is 11.8 Å². The molecule has 90 valence electrons. The van der Waals surface area contributed by atoms with Crippen molar-refractivity contribution in [2.75, 3.05) is 6.54 Å². The highest BCUT2D eigenvalue weighted by Gasteiger charge is 2.22. The summed E-state index contributed by atoms with van der Waals surface area (Å²) in [5, 5.41) is 2.94. The summed E-state index contributed by atoms with van der Waals surface area (Å²) in [6.07, 6.45) is 4.61. The van der Waals surface area contributed by atoms with Gasteiger partial charge in [-0.2, -0.15) is 0 Å². The van der Waals surface area contributed by atoms with Crippen LogP contribution in [0.1, 0.15) is 25.7 Å². The first-order valence-electron chi connectivity index (χ1n) is 5.26. The molecule has 0 aromatic carbocycles. The molecule has 1 heterocycles. The Bertz CT molecular complexity index is 392. The molecule has 7 heteroatoms. The number of azide groups is 1. The zero-order valence-corrected chi connectivity index (χ0v) is 9.20. The van der Waals surface area contributed by atoms with E-state index >= 15 is 0 Å². The quantitative estimate of drug-likeness (QED) is 0.228. The van der Waals surface area contributed by atoms with Crippen molar-refractivity contribution in [2.45, 2.75) is 25.7 Å². The number of hydrogen-bond acceptors (Lipinski definition) is 3. The van der Waals surface area contributed by atoms with Crippen molar-refractivity contribution in [3.05, 3.63) is 22.6 Å². The highest BCUT2D eigenvalue weighted by Crippen LogP contribution is 2.07. The molecule has 0 N–H and O–H groups in total. The van der Waals surface area contributed by atoms with E-state index in [0.29, 0.717) is 25.8 Å². The van der Waals surface area contributed by atoms with Gasteiger partial charge in [-0.3, -0.25) is 19.3 Å². The zero-order chi connectivity index (χ0) is 12.7. The first-order valence-corrected chi connectivity index (χ1v) is 5.26.